The molecule has 0 aromatic heterocycles. The first-order valence-corrected chi connectivity index (χ1v) is 12.6. The third-order valence-electron chi connectivity index (χ3n) is 6.53. The Kier molecular flexibility index (Phi) is 11.9. The van der Waals surface area contributed by atoms with Gasteiger partial charge in [-0.05, 0) is 42.7 Å². The van der Waals surface area contributed by atoms with Crippen LogP contribution in [0.3, 0.4) is 0 Å². The molecule has 0 saturated heterocycles. The highest BCUT2D eigenvalue weighted by Gasteiger charge is 2.31. The molecule has 14 heteroatoms. The largest absolute Gasteiger partial charge is 0.416 e. The number of rotatable bonds is 14. The predicted octanol–water partition coefficient (Wildman–Crippen LogP) is 2.26. The number of nitrogens with two attached hydrogens (primary N) is 3. The third-order valence-corrected chi connectivity index (χ3v) is 6.53. The van der Waals surface area contributed by atoms with Gasteiger partial charge in [-0.25, -0.2) is 13.2 Å². The Balaban J connectivity index is 2.17. The Labute approximate surface area is 228 Å². The molecule has 2 rings (SSSR count). The van der Waals surface area contributed by atoms with Crippen LogP contribution >= 0.6 is 0 Å². The highest BCUT2D eigenvalue weighted by atomic mass is 19.4. The number of carbonyl (C=O) groups excluding carboxylic acids is 2. The van der Waals surface area contributed by atoms with Crippen molar-refractivity contribution in [2.75, 3.05) is 45.1 Å². The minimum atomic E-state index is -4.58. The van der Waals surface area contributed by atoms with Crippen molar-refractivity contribution in [3.05, 3.63) is 65.0 Å². The standard InChI is InChI=1S/C26H34F6N6O2/c1-38(13-10-33,14-11-34)12-2-3-19(35)24(39)37-21(15-16-4-6-17(7-5-16)26(30,31)32)25(40)36-20-9-8-18(27)22(28)23(20)29/h4-9,19,21H,2-3,10-15,33-35H2,1H3,(H-,36,37,39,40)/p+1/t19-,21+/m0/s1. The number of carbonyl (C=O) groups is 2. The van der Waals surface area contributed by atoms with E-state index in [0.717, 1.165) is 30.3 Å². The molecule has 2 aromatic carbocycles. The van der Waals surface area contributed by atoms with E-state index < -0.39 is 58.8 Å². The molecule has 2 atom stereocenters. The maximum atomic E-state index is 14.1. The molecule has 0 spiro atoms. The van der Waals surface area contributed by atoms with Crippen molar-refractivity contribution >= 4 is 17.5 Å². The van der Waals surface area contributed by atoms with E-state index >= 15 is 0 Å². The molecule has 0 fully saturated rings. The van der Waals surface area contributed by atoms with E-state index in [0.29, 0.717) is 49.7 Å². The normalized spacial score (nSPS) is 13.6. The van der Waals surface area contributed by atoms with Gasteiger partial charge in [0.25, 0.3) is 0 Å². The number of anilines is 1. The number of hydrogen-bond donors (Lipinski definition) is 5. The number of halogens is 6. The van der Waals surface area contributed by atoms with Gasteiger partial charge in [0.05, 0.1) is 44.0 Å². The lowest BCUT2D eigenvalue weighted by Gasteiger charge is -2.34. The molecule has 2 amide bonds. The van der Waals surface area contributed by atoms with Crippen molar-refractivity contribution in [3.63, 3.8) is 0 Å². The number of alkyl halides is 3. The Morgan fingerprint density at radius 2 is 1.50 bits per heavy atom. The van der Waals surface area contributed by atoms with Crippen molar-refractivity contribution in [2.45, 2.75) is 37.5 Å². The highest BCUT2D eigenvalue weighted by molar-refractivity contribution is 5.98. The summed E-state index contributed by atoms with van der Waals surface area (Å²) in [6.45, 7) is 2.88. The molecule has 0 unspecified atom stereocenters. The van der Waals surface area contributed by atoms with Gasteiger partial charge >= 0.3 is 6.18 Å². The summed E-state index contributed by atoms with van der Waals surface area (Å²) in [6, 6.07) is 2.80. The van der Waals surface area contributed by atoms with E-state index in [2.05, 4.69) is 10.6 Å². The minimum absolute atomic E-state index is 0.237. The summed E-state index contributed by atoms with van der Waals surface area (Å²) in [5.74, 6) is -6.67. The third kappa shape index (κ3) is 9.47. The smallest absolute Gasteiger partial charge is 0.343 e. The zero-order chi connectivity index (χ0) is 30.1. The molecule has 0 aliphatic carbocycles. The fraction of sp³-hybridized carbons (Fsp3) is 0.462. The van der Waals surface area contributed by atoms with E-state index in [4.69, 9.17) is 17.2 Å². The lowest BCUT2D eigenvalue weighted by atomic mass is 10.0. The second kappa shape index (κ2) is 14.4. The van der Waals surface area contributed by atoms with Gasteiger partial charge in [0.1, 0.15) is 6.04 Å². The fourth-order valence-corrected chi connectivity index (χ4v) is 4.18. The van der Waals surface area contributed by atoms with E-state index in [-0.39, 0.29) is 18.4 Å². The number of nitrogens with one attached hydrogen (secondary N) is 2. The lowest BCUT2D eigenvalue weighted by molar-refractivity contribution is -0.907. The van der Waals surface area contributed by atoms with Gasteiger partial charge in [0, 0.05) is 19.5 Å². The molecule has 0 radical (unpaired) electrons. The molecule has 0 bridgehead atoms. The number of quaternary nitrogens is 1. The van der Waals surface area contributed by atoms with Gasteiger partial charge in [-0.2, -0.15) is 13.2 Å². The molecule has 8 N–H and O–H groups in total. The average Bonchev–Trinajstić information content (AvgIpc) is 2.88. The summed E-state index contributed by atoms with van der Waals surface area (Å²) >= 11 is 0. The Hall–Kier alpha value is -3.20. The summed E-state index contributed by atoms with van der Waals surface area (Å²) in [6.07, 6.45) is -4.11. The van der Waals surface area contributed by atoms with Crippen LogP contribution in [0.2, 0.25) is 0 Å². The van der Waals surface area contributed by atoms with Gasteiger partial charge in [0.2, 0.25) is 11.8 Å². The van der Waals surface area contributed by atoms with Gasteiger partial charge in [0.15, 0.2) is 17.5 Å². The second-order valence-electron chi connectivity index (χ2n) is 9.79. The molecule has 222 valence electrons. The zero-order valence-electron chi connectivity index (χ0n) is 22.0. The number of nitrogens with zero attached hydrogens (tertiary/aromatic N) is 1. The van der Waals surface area contributed by atoms with Crippen molar-refractivity contribution in [3.8, 4) is 0 Å². The molecule has 0 heterocycles. The maximum Gasteiger partial charge on any atom is 0.416 e. The Morgan fingerprint density at radius 1 is 0.900 bits per heavy atom. The number of amides is 2. The van der Waals surface area contributed by atoms with Crippen LogP contribution in [0, 0.1) is 17.5 Å². The van der Waals surface area contributed by atoms with Crippen molar-refractivity contribution < 1.29 is 40.4 Å². The molecule has 0 aliphatic heterocycles. The zero-order valence-corrected chi connectivity index (χ0v) is 22.0. The van der Waals surface area contributed by atoms with Gasteiger partial charge in [-0.15, -0.1) is 0 Å². The topological polar surface area (TPSA) is 136 Å². The molecular formula is C26H35F6N6O2+. The quantitative estimate of drug-likeness (QED) is 0.133. The monoisotopic (exact) mass is 577 g/mol. The van der Waals surface area contributed by atoms with Crippen molar-refractivity contribution in [1.82, 2.24) is 5.32 Å². The van der Waals surface area contributed by atoms with Crippen molar-refractivity contribution in [1.29, 1.82) is 0 Å². The van der Waals surface area contributed by atoms with E-state index in [1.807, 2.05) is 7.05 Å². The van der Waals surface area contributed by atoms with Crippen LogP contribution in [0.15, 0.2) is 36.4 Å². The number of benzene rings is 2. The Morgan fingerprint density at radius 3 is 2.05 bits per heavy atom. The van der Waals surface area contributed by atoms with Gasteiger partial charge in [-0.1, -0.05) is 12.1 Å². The molecule has 2 aromatic rings. The molecular weight excluding hydrogens is 542 g/mol. The number of hydrogen-bond acceptors (Lipinski definition) is 5. The first-order valence-electron chi connectivity index (χ1n) is 12.6. The molecule has 0 aliphatic rings. The van der Waals surface area contributed by atoms with Crippen LogP contribution in [-0.4, -0.2) is 68.2 Å². The van der Waals surface area contributed by atoms with Crippen LogP contribution in [0.25, 0.3) is 0 Å². The maximum absolute atomic E-state index is 14.1. The summed E-state index contributed by atoms with van der Waals surface area (Å²) < 4.78 is 80.5. The summed E-state index contributed by atoms with van der Waals surface area (Å²) in [5, 5.41) is 4.53. The van der Waals surface area contributed by atoms with Crippen LogP contribution in [0.1, 0.15) is 24.0 Å². The summed E-state index contributed by atoms with van der Waals surface area (Å²) in [7, 11) is 1.98. The van der Waals surface area contributed by atoms with Gasteiger partial charge < -0.3 is 32.3 Å². The first kappa shape index (κ1) is 33.0. The van der Waals surface area contributed by atoms with Crippen LogP contribution in [-0.2, 0) is 22.2 Å². The summed E-state index contributed by atoms with van der Waals surface area (Å²) in [5.41, 5.74) is 16.0. The lowest BCUT2D eigenvalue weighted by Crippen LogP contribution is -2.52. The molecule has 40 heavy (non-hydrogen) atoms. The predicted molar refractivity (Wildman–Crippen MR) is 138 cm³/mol. The SMILES string of the molecule is C[N+](CCN)(CCN)CCC[C@H](N)C(=O)N[C@H](Cc1ccc(C(F)(F)F)cc1)C(=O)Nc1ccc(F)c(F)c1F. The van der Waals surface area contributed by atoms with Crippen LogP contribution in [0.4, 0.5) is 32.0 Å². The van der Waals surface area contributed by atoms with E-state index in [9.17, 15) is 35.9 Å². The van der Waals surface area contributed by atoms with Gasteiger partial charge in [-0.3, -0.25) is 9.59 Å². The molecule has 8 nitrogen and oxygen atoms in total. The average molecular weight is 578 g/mol. The number of likely N-dealkylation sites (N-methyl/N-ethyl adjacent to an activating group) is 1. The van der Waals surface area contributed by atoms with Crippen molar-refractivity contribution in [2.24, 2.45) is 17.2 Å². The minimum Gasteiger partial charge on any atom is -0.343 e. The highest BCUT2D eigenvalue weighted by Crippen LogP contribution is 2.29. The fourth-order valence-electron chi connectivity index (χ4n) is 4.18. The first-order chi connectivity index (χ1) is 18.7. The second-order valence-corrected chi connectivity index (χ2v) is 9.79. The summed E-state index contributed by atoms with van der Waals surface area (Å²) in [4.78, 5) is 25.8. The molecule has 0 saturated carbocycles. The Bertz CT molecular complexity index is 1140. The van der Waals surface area contributed by atoms with Crippen LogP contribution in [0.5, 0.6) is 0 Å². The van der Waals surface area contributed by atoms with E-state index in [1.165, 1.54) is 0 Å². The van der Waals surface area contributed by atoms with E-state index in [1.54, 1.807) is 0 Å². The van der Waals surface area contributed by atoms with Crippen LogP contribution < -0.4 is 27.8 Å².